The summed E-state index contributed by atoms with van der Waals surface area (Å²) in [5.41, 5.74) is 0.325. The summed E-state index contributed by atoms with van der Waals surface area (Å²) in [6.45, 7) is 0.298. The fraction of sp³-hybridized carbons (Fsp3) is 0.300. The molecule has 0 bridgehead atoms. The molecular weight excluding hydrogens is 274 g/mol. The summed E-state index contributed by atoms with van der Waals surface area (Å²) in [4.78, 5) is 26.4. The quantitative estimate of drug-likeness (QED) is 0.801. The van der Waals surface area contributed by atoms with E-state index in [4.69, 9.17) is 0 Å². The van der Waals surface area contributed by atoms with Crippen LogP contribution in [0.25, 0.3) is 0 Å². The maximum atomic E-state index is 11.5. The van der Waals surface area contributed by atoms with Gasteiger partial charge in [0.05, 0.1) is 0 Å². The molecule has 0 aliphatic carbocycles. The highest BCUT2D eigenvalue weighted by Crippen LogP contribution is 2.05. The highest BCUT2D eigenvalue weighted by atomic mass is 79.9. The zero-order valence-corrected chi connectivity index (χ0v) is 10.4. The molecule has 2 N–H and O–H groups in total. The molecule has 5 nitrogen and oxygen atoms in total. The maximum Gasteiger partial charge on any atom is 0.269 e. The van der Waals surface area contributed by atoms with Crippen LogP contribution in [-0.2, 0) is 4.79 Å². The van der Waals surface area contributed by atoms with Gasteiger partial charge >= 0.3 is 0 Å². The van der Waals surface area contributed by atoms with Gasteiger partial charge in [0.1, 0.15) is 10.3 Å². The largest absolute Gasteiger partial charge is 0.359 e. The van der Waals surface area contributed by atoms with Gasteiger partial charge < -0.3 is 10.6 Å². The van der Waals surface area contributed by atoms with Crippen molar-refractivity contribution in [3.05, 3.63) is 28.5 Å². The van der Waals surface area contributed by atoms with Crippen molar-refractivity contribution in [1.82, 2.24) is 15.6 Å². The van der Waals surface area contributed by atoms with Crippen LogP contribution in [0.2, 0.25) is 0 Å². The Labute approximate surface area is 102 Å². The summed E-state index contributed by atoms with van der Waals surface area (Å²) in [7, 11) is 1.56. The maximum absolute atomic E-state index is 11.5. The van der Waals surface area contributed by atoms with Crippen molar-refractivity contribution in [2.24, 2.45) is 0 Å². The Morgan fingerprint density at radius 2 is 2.19 bits per heavy atom. The molecule has 0 atom stereocenters. The van der Waals surface area contributed by atoms with Gasteiger partial charge in [-0.05, 0) is 28.1 Å². The normalized spacial score (nSPS) is 9.62. The average Bonchev–Trinajstić information content (AvgIpc) is 2.28. The van der Waals surface area contributed by atoms with Crippen LogP contribution in [0.1, 0.15) is 16.9 Å². The van der Waals surface area contributed by atoms with Crippen molar-refractivity contribution in [1.29, 1.82) is 0 Å². The highest BCUT2D eigenvalue weighted by Gasteiger charge is 2.07. The van der Waals surface area contributed by atoms with Crippen molar-refractivity contribution in [2.75, 3.05) is 13.6 Å². The van der Waals surface area contributed by atoms with Gasteiger partial charge in [-0.15, -0.1) is 0 Å². The van der Waals surface area contributed by atoms with Crippen LogP contribution >= 0.6 is 15.9 Å². The van der Waals surface area contributed by atoms with Crippen molar-refractivity contribution in [3.8, 4) is 0 Å². The second kappa shape index (κ2) is 6.22. The minimum atomic E-state index is -0.287. The molecule has 2 amide bonds. The van der Waals surface area contributed by atoms with Crippen molar-refractivity contribution < 1.29 is 9.59 Å². The molecule has 0 saturated heterocycles. The topological polar surface area (TPSA) is 71.1 Å². The number of pyridine rings is 1. The Kier molecular flexibility index (Phi) is 4.91. The Morgan fingerprint density at radius 1 is 1.44 bits per heavy atom. The van der Waals surface area contributed by atoms with E-state index in [2.05, 4.69) is 31.5 Å². The lowest BCUT2D eigenvalue weighted by Crippen LogP contribution is -2.29. The zero-order chi connectivity index (χ0) is 12.0. The van der Waals surface area contributed by atoms with Crippen LogP contribution in [0.3, 0.4) is 0 Å². The zero-order valence-electron chi connectivity index (χ0n) is 8.79. The first kappa shape index (κ1) is 12.6. The first-order valence-corrected chi connectivity index (χ1v) is 5.54. The first-order chi connectivity index (χ1) is 7.63. The molecule has 0 saturated carbocycles. The molecule has 1 heterocycles. The molecular formula is C10H12BrN3O2. The number of hydrogen-bond donors (Lipinski definition) is 2. The molecule has 6 heteroatoms. The number of nitrogens with zero attached hydrogens (tertiary/aromatic N) is 1. The van der Waals surface area contributed by atoms with E-state index in [9.17, 15) is 9.59 Å². The minimum absolute atomic E-state index is 0.109. The van der Waals surface area contributed by atoms with E-state index >= 15 is 0 Å². The molecule has 86 valence electrons. The Bertz CT molecular complexity index is 395. The van der Waals surface area contributed by atoms with E-state index in [1.807, 2.05) is 0 Å². The molecule has 0 aliphatic rings. The third-order valence-corrected chi connectivity index (χ3v) is 2.31. The van der Waals surface area contributed by atoms with E-state index in [-0.39, 0.29) is 18.2 Å². The number of carbonyl (C=O) groups excluding carboxylic acids is 2. The minimum Gasteiger partial charge on any atom is -0.359 e. The van der Waals surface area contributed by atoms with Crippen molar-refractivity contribution in [3.63, 3.8) is 0 Å². The van der Waals surface area contributed by atoms with E-state index in [0.29, 0.717) is 16.8 Å². The molecule has 1 aromatic rings. The summed E-state index contributed by atoms with van der Waals surface area (Å²) in [6.07, 6.45) is 0.260. The lowest BCUT2D eigenvalue weighted by molar-refractivity contribution is -0.120. The van der Waals surface area contributed by atoms with E-state index < -0.39 is 0 Å². The summed E-state index contributed by atoms with van der Waals surface area (Å²) >= 11 is 3.18. The van der Waals surface area contributed by atoms with Crippen LogP contribution in [0.15, 0.2) is 22.8 Å². The Hall–Kier alpha value is -1.43. The molecule has 0 aromatic carbocycles. The monoisotopic (exact) mass is 285 g/mol. The molecule has 0 unspecified atom stereocenters. The van der Waals surface area contributed by atoms with Crippen LogP contribution in [0.5, 0.6) is 0 Å². The summed E-state index contributed by atoms with van der Waals surface area (Å²) in [6, 6.07) is 5.08. The second-order valence-corrected chi connectivity index (χ2v) is 3.84. The molecule has 0 spiro atoms. The molecule has 0 radical (unpaired) electrons. The third-order valence-electron chi connectivity index (χ3n) is 1.86. The van der Waals surface area contributed by atoms with Gasteiger partial charge in [-0.3, -0.25) is 9.59 Å². The van der Waals surface area contributed by atoms with Crippen LogP contribution in [0.4, 0.5) is 0 Å². The van der Waals surface area contributed by atoms with E-state index in [1.165, 1.54) is 0 Å². The molecule has 0 aliphatic heterocycles. The molecule has 1 aromatic heterocycles. The van der Waals surface area contributed by atoms with Gasteiger partial charge in [-0.1, -0.05) is 6.07 Å². The highest BCUT2D eigenvalue weighted by molar-refractivity contribution is 9.10. The predicted octanol–water partition coefficient (Wildman–Crippen LogP) is 0.710. The van der Waals surface area contributed by atoms with Gasteiger partial charge in [0.25, 0.3) is 5.91 Å². The average molecular weight is 286 g/mol. The van der Waals surface area contributed by atoms with Crippen LogP contribution in [-0.4, -0.2) is 30.4 Å². The number of carbonyl (C=O) groups is 2. The van der Waals surface area contributed by atoms with Gasteiger partial charge in [-0.2, -0.15) is 0 Å². The third kappa shape index (κ3) is 3.98. The fourth-order valence-corrected chi connectivity index (χ4v) is 1.38. The second-order valence-electron chi connectivity index (χ2n) is 3.02. The molecule has 16 heavy (non-hydrogen) atoms. The van der Waals surface area contributed by atoms with Crippen LogP contribution in [0, 0.1) is 0 Å². The van der Waals surface area contributed by atoms with Gasteiger partial charge in [0, 0.05) is 20.0 Å². The smallest absolute Gasteiger partial charge is 0.269 e. The summed E-state index contributed by atoms with van der Waals surface area (Å²) in [5.74, 6) is -0.396. The molecule has 1 rings (SSSR count). The van der Waals surface area contributed by atoms with Gasteiger partial charge in [0.2, 0.25) is 5.91 Å². The summed E-state index contributed by atoms with van der Waals surface area (Å²) < 4.78 is 0.603. The lowest BCUT2D eigenvalue weighted by Gasteiger charge is -2.04. The van der Waals surface area contributed by atoms with Crippen molar-refractivity contribution in [2.45, 2.75) is 6.42 Å². The number of rotatable bonds is 4. The fourth-order valence-electron chi connectivity index (χ4n) is 1.04. The van der Waals surface area contributed by atoms with E-state index in [1.54, 1.807) is 25.2 Å². The number of halogens is 1. The van der Waals surface area contributed by atoms with E-state index in [0.717, 1.165) is 0 Å². The number of aromatic nitrogens is 1. The number of hydrogen-bond acceptors (Lipinski definition) is 3. The van der Waals surface area contributed by atoms with Crippen LogP contribution < -0.4 is 10.6 Å². The van der Waals surface area contributed by atoms with Gasteiger partial charge in [0.15, 0.2) is 0 Å². The predicted molar refractivity (Wildman–Crippen MR) is 63.0 cm³/mol. The number of amides is 2. The van der Waals surface area contributed by atoms with Gasteiger partial charge in [-0.25, -0.2) is 4.98 Å². The number of nitrogens with one attached hydrogen (secondary N) is 2. The lowest BCUT2D eigenvalue weighted by atomic mass is 10.3. The standard InChI is InChI=1S/C10H12BrN3O2/c1-12-9(15)5-6-13-10(16)7-3-2-4-8(11)14-7/h2-4H,5-6H2,1H3,(H,12,15)(H,13,16). The Balaban J connectivity index is 2.44. The summed E-state index contributed by atoms with van der Waals surface area (Å²) in [5, 5.41) is 5.08. The van der Waals surface area contributed by atoms with Crippen molar-refractivity contribution >= 4 is 27.7 Å². The SMILES string of the molecule is CNC(=O)CCNC(=O)c1cccc(Br)n1. The first-order valence-electron chi connectivity index (χ1n) is 4.75. The Morgan fingerprint density at radius 3 is 2.81 bits per heavy atom. The molecule has 0 fully saturated rings.